The van der Waals surface area contributed by atoms with Crippen LogP contribution in [0.1, 0.15) is 10.5 Å². The highest BCUT2D eigenvalue weighted by atomic mass is 32.1. The zero-order valence-corrected chi connectivity index (χ0v) is 6.71. The molecule has 0 unspecified atom stereocenters. The molecule has 1 N–H and O–H groups in total. The summed E-state index contributed by atoms with van der Waals surface area (Å²) in [5.41, 5.74) is 0.0706. The summed E-state index contributed by atoms with van der Waals surface area (Å²) in [5.74, 6) is -1.01. The van der Waals surface area contributed by atoms with Gasteiger partial charge in [0, 0.05) is 5.39 Å². The van der Waals surface area contributed by atoms with Gasteiger partial charge >= 0.3 is 5.97 Å². The van der Waals surface area contributed by atoms with Crippen molar-refractivity contribution in [3.05, 3.63) is 23.5 Å². The molecule has 0 saturated heterocycles. The summed E-state index contributed by atoms with van der Waals surface area (Å²) in [4.78, 5) is 18.9. The van der Waals surface area contributed by atoms with E-state index in [1.165, 1.54) is 17.7 Å². The predicted octanol–water partition coefficient (Wildman–Crippen LogP) is 1.39. The van der Waals surface area contributed by atoms with Crippen LogP contribution in [0.2, 0.25) is 0 Å². The highest BCUT2D eigenvalue weighted by Gasteiger charge is 2.10. The summed E-state index contributed by atoms with van der Waals surface area (Å²) >= 11 is 1.40. The summed E-state index contributed by atoms with van der Waals surface area (Å²) in [6.45, 7) is 0. The number of hydrogen-bond acceptors (Lipinski definition) is 4. The topological polar surface area (TPSA) is 63.1 Å². The Kier molecular flexibility index (Phi) is 1.51. The molecular formula is C7H4N2O2S. The molecule has 0 atom stereocenters. The van der Waals surface area contributed by atoms with Crippen molar-refractivity contribution < 1.29 is 9.90 Å². The van der Waals surface area contributed by atoms with Crippen molar-refractivity contribution in [1.82, 2.24) is 9.97 Å². The zero-order valence-electron chi connectivity index (χ0n) is 5.89. The number of aromatic carboxylic acids is 1. The largest absolute Gasteiger partial charge is 0.476 e. The van der Waals surface area contributed by atoms with Gasteiger partial charge in [0.25, 0.3) is 0 Å². The number of aromatic nitrogens is 2. The van der Waals surface area contributed by atoms with Crippen LogP contribution < -0.4 is 0 Å². The van der Waals surface area contributed by atoms with Gasteiger partial charge in [-0.3, -0.25) is 0 Å². The highest BCUT2D eigenvalue weighted by Crippen LogP contribution is 2.19. The van der Waals surface area contributed by atoms with E-state index in [9.17, 15) is 4.79 Å². The molecule has 0 bridgehead atoms. The number of nitrogens with zero attached hydrogens (tertiary/aromatic N) is 2. The Bertz CT molecular complexity index is 438. The molecule has 2 aromatic heterocycles. The van der Waals surface area contributed by atoms with Crippen molar-refractivity contribution in [3.63, 3.8) is 0 Å². The van der Waals surface area contributed by atoms with Crippen LogP contribution in [0.15, 0.2) is 17.8 Å². The summed E-state index contributed by atoms with van der Waals surface area (Å²) in [7, 11) is 0. The number of thiophene rings is 1. The minimum absolute atomic E-state index is 0.0706. The van der Waals surface area contributed by atoms with Crippen molar-refractivity contribution in [2.45, 2.75) is 0 Å². The molecule has 0 saturated carbocycles. The van der Waals surface area contributed by atoms with Crippen molar-refractivity contribution >= 4 is 27.5 Å². The van der Waals surface area contributed by atoms with Gasteiger partial charge in [-0.15, -0.1) is 11.3 Å². The number of hydrogen-bond donors (Lipinski definition) is 1. The lowest BCUT2D eigenvalue weighted by Gasteiger charge is -1.92. The SMILES string of the molecule is O=C(O)c1ncnc2sccc12. The van der Waals surface area contributed by atoms with E-state index in [0.717, 1.165) is 0 Å². The number of fused-ring (bicyclic) bond motifs is 1. The number of rotatable bonds is 1. The van der Waals surface area contributed by atoms with Crippen LogP contribution in [-0.2, 0) is 0 Å². The first-order valence-corrected chi connectivity index (χ1v) is 4.08. The van der Waals surface area contributed by atoms with Gasteiger partial charge in [0.15, 0.2) is 5.69 Å². The second-order valence-electron chi connectivity index (χ2n) is 2.17. The molecule has 60 valence electrons. The molecule has 2 rings (SSSR count). The first-order chi connectivity index (χ1) is 5.79. The van der Waals surface area contributed by atoms with Crippen molar-refractivity contribution in [2.24, 2.45) is 0 Å². The van der Waals surface area contributed by atoms with Gasteiger partial charge in [-0.25, -0.2) is 14.8 Å². The first kappa shape index (κ1) is 7.17. The van der Waals surface area contributed by atoms with Crippen LogP contribution in [0.4, 0.5) is 0 Å². The van der Waals surface area contributed by atoms with E-state index in [1.54, 1.807) is 11.4 Å². The lowest BCUT2D eigenvalue weighted by molar-refractivity contribution is 0.0693. The Morgan fingerprint density at radius 3 is 3.08 bits per heavy atom. The number of carboxylic acid groups (broad SMARTS) is 1. The molecule has 12 heavy (non-hydrogen) atoms. The van der Waals surface area contributed by atoms with E-state index < -0.39 is 5.97 Å². The monoisotopic (exact) mass is 180 g/mol. The summed E-state index contributed by atoms with van der Waals surface area (Å²) in [6.07, 6.45) is 1.27. The van der Waals surface area contributed by atoms with Crippen LogP contribution in [0.3, 0.4) is 0 Å². The Morgan fingerprint density at radius 1 is 1.50 bits per heavy atom. The lowest BCUT2D eigenvalue weighted by Crippen LogP contribution is -2.00. The van der Waals surface area contributed by atoms with Crippen molar-refractivity contribution in [1.29, 1.82) is 0 Å². The predicted molar refractivity (Wildman–Crippen MR) is 44.4 cm³/mol. The Morgan fingerprint density at radius 2 is 2.33 bits per heavy atom. The Balaban J connectivity index is 2.82. The van der Waals surface area contributed by atoms with Gasteiger partial charge in [-0.1, -0.05) is 0 Å². The normalized spacial score (nSPS) is 10.3. The molecule has 2 heterocycles. The molecule has 2 aromatic rings. The minimum atomic E-state index is -1.01. The van der Waals surface area contributed by atoms with Crippen LogP contribution in [0.25, 0.3) is 10.2 Å². The van der Waals surface area contributed by atoms with E-state index in [1.807, 2.05) is 0 Å². The van der Waals surface area contributed by atoms with Gasteiger partial charge in [0.1, 0.15) is 11.2 Å². The highest BCUT2D eigenvalue weighted by molar-refractivity contribution is 7.16. The smallest absolute Gasteiger partial charge is 0.355 e. The van der Waals surface area contributed by atoms with Gasteiger partial charge < -0.3 is 5.11 Å². The van der Waals surface area contributed by atoms with Crippen LogP contribution >= 0.6 is 11.3 Å². The lowest BCUT2D eigenvalue weighted by atomic mass is 10.3. The molecule has 0 aliphatic heterocycles. The standard InChI is InChI=1S/C7H4N2O2S/c10-7(11)5-4-1-2-12-6(4)9-3-8-5/h1-3H,(H,10,11). The number of carboxylic acids is 1. The maximum Gasteiger partial charge on any atom is 0.355 e. The summed E-state index contributed by atoms with van der Waals surface area (Å²) in [5, 5.41) is 11.1. The van der Waals surface area contributed by atoms with Crippen LogP contribution in [0, 0.1) is 0 Å². The number of carbonyl (C=O) groups is 1. The van der Waals surface area contributed by atoms with Crippen LogP contribution in [0.5, 0.6) is 0 Å². The molecule has 0 radical (unpaired) electrons. The summed E-state index contributed by atoms with van der Waals surface area (Å²) < 4.78 is 0. The van der Waals surface area contributed by atoms with Gasteiger partial charge in [0.05, 0.1) is 0 Å². The fourth-order valence-corrected chi connectivity index (χ4v) is 1.69. The first-order valence-electron chi connectivity index (χ1n) is 3.20. The second-order valence-corrected chi connectivity index (χ2v) is 3.06. The molecule has 0 spiro atoms. The van der Waals surface area contributed by atoms with Gasteiger partial charge in [-0.2, -0.15) is 0 Å². The molecular weight excluding hydrogens is 176 g/mol. The molecule has 5 heteroatoms. The molecule has 0 aliphatic rings. The van der Waals surface area contributed by atoms with E-state index >= 15 is 0 Å². The van der Waals surface area contributed by atoms with Crippen molar-refractivity contribution in [3.8, 4) is 0 Å². The average Bonchev–Trinajstić information content (AvgIpc) is 2.49. The third-order valence-electron chi connectivity index (χ3n) is 1.46. The fourth-order valence-electron chi connectivity index (χ4n) is 0.960. The Labute approximate surface area is 71.5 Å². The molecule has 0 amide bonds. The maximum absolute atomic E-state index is 10.6. The van der Waals surface area contributed by atoms with Crippen LogP contribution in [-0.4, -0.2) is 21.0 Å². The third-order valence-corrected chi connectivity index (χ3v) is 2.29. The fraction of sp³-hybridized carbons (Fsp3) is 0. The minimum Gasteiger partial charge on any atom is -0.476 e. The third kappa shape index (κ3) is 0.947. The molecule has 0 aliphatic carbocycles. The summed E-state index contributed by atoms with van der Waals surface area (Å²) in [6, 6.07) is 1.71. The van der Waals surface area contributed by atoms with Gasteiger partial charge in [0.2, 0.25) is 0 Å². The maximum atomic E-state index is 10.6. The van der Waals surface area contributed by atoms with E-state index in [2.05, 4.69) is 9.97 Å². The zero-order chi connectivity index (χ0) is 8.55. The molecule has 4 nitrogen and oxygen atoms in total. The van der Waals surface area contributed by atoms with E-state index in [0.29, 0.717) is 10.2 Å². The molecule has 0 aromatic carbocycles. The van der Waals surface area contributed by atoms with E-state index in [-0.39, 0.29) is 5.69 Å². The molecule has 0 fully saturated rings. The van der Waals surface area contributed by atoms with Crippen molar-refractivity contribution in [2.75, 3.05) is 0 Å². The van der Waals surface area contributed by atoms with E-state index in [4.69, 9.17) is 5.11 Å². The quantitative estimate of drug-likeness (QED) is 0.720. The van der Waals surface area contributed by atoms with Gasteiger partial charge in [-0.05, 0) is 11.4 Å². The average molecular weight is 180 g/mol. The Hall–Kier alpha value is -1.49. The second kappa shape index (κ2) is 2.53.